The third kappa shape index (κ3) is 4.36. The highest BCUT2D eigenvalue weighted by atomic mass is 16.5. The van der Waals surface area contributed by atoms with Crippen molar-refractivity contribution in [2.75, 3.05) is 19.7 Å². The molecule has 8 heteroatoms. The van der Waals surface area contributed by atoms with Crippen LogP contribution < -0.4 is 0 Å². The van der Waals surface area contributed by atoms with Crippen molar-refractivity contribution in [3.63, 3.8) is 0 Å². The monoisotopic (exact) mass is 390 g/mol. The normalized spacial score (nSPS) is 23.6. The number of amides is 2. The van der Waals surface area contributed by atoms with Crippen molar-refractivity contribution in [3.05, 3.63) is 17.5 Å². The molecular weight excluding hydrogens is 360 g/mol. The molecule has 3 rings (SSSR count). The van der Waals surface area contributed by atoms with Crippen LogP contribution in [0, 0.1) is 18.8 Å². The van der Waals surface area contributed by atoms with Gasteiger partial charge in [0, 0.05) is 32.8 Å². The topological polar surface area (TPSA) is 84.7 Å². The summed E-state index contributed by atoms with van der Waals surface area (Å²) >= 11 is 0. The molecule has 0 bridgehead atoms. The standard InChI is InChI=1S/C20H30N4O4/c1-5-28-20(27)17-10-15(17)11-23(12-16-9-13(2)22(4)21-16)19(26)18-7-6-8-24(18)14(3)25/h9,15,17-18H,5-8,10-12H2,1-4H3/t15-,17+,18+/m1/s1. The summed E-state index contributed by atoms with van der Waals surface area (Å²) in [6.45, 7) is 7.13. The van der Waals surface area contributed by atoms with Crippen molar-refractivity contribution in [1.29, 1.82) is 0 Å². The molecule has 2 heterocycles. The fourth-order valence-electron chi connectivity index (χ4n) is 4.02. The van der Waals surface area contributed by atoms with E-state index < -0.39 is 6.04 Å². The number of aromatic nitrogens is 2. The second-order valence-electron chi connectivity index (χ2n) is 7.84. The average molecular weight is 390 g/mol. The van der Waals surface area contributed by atoms with Crippen molar-refractivity contribution in [3.8, 4) is 0 Å². The lowest BCUT2D eigenvalue weighted by Gasteiger charge is -2.29. The van der Waals surface area contributed by atoms with Gasteiger partial charge in [0.05, 0.1) is 24.8 Å². The van der Waals surface area contributed by atoms with Crippen molar-refractivity contribution in [1.82, 2.24) is 19.6 Å². The van der Waals surface area contributed by atoms with E-state index in [9.17, 15) is 14.4 Å². The number of aryl methyl sites for hydroxylation is 2. The first-order valence-corrected chi connectivity index (χ1v) is 10.0. The van der Waals surface area contributed by atoms with Crippen LogP contribution in [0.4, 0.5) is 0 Å². The molecule has 1 aliphatic heterocycles. The van der Waals surface area contributed by atoms with Crippen LogP contribution in [-0.2, 0) is 32.7 Å². The maximum absolute atomic E-state index is 13.3. The van der Waals surface area contributed by atoms with Crippen molar-refractivity contribution in [2.24, 2.45) is 18.9 Å². The fraction of sp³-hybridized carbons (Fsp3) is 0.700. The Morgan fingerprint density at radius 3 is 2.71 bits per heavy atom. The minimum Gasteiger partial charge on any atom is -0.466 e. The third-order valence-electron chi connectivity index (χ3n) is 5.74. The van der Waals surface area contributed by atoms with Gasteiger partial charge in [-0.15, -0.1) is 0 Å². The Hall–Kier alpha value is -2.38. The van der Waals surface area contributed by atoms with Gasteiger partial charge in [-0.2, -0.15) is 5.10 Å². The molecule has 154 valence electrons. The summed E-state index contributed by atoms with van der Waals surface area (Å²) in [6, 6.07) is 1.55. The summed E-state index contributed by atoms with van der Waals surface area (Å²) in [7, 11) is 1.87. The van der Waals surface area contributed by atoms with Gasteiger partial charge in [0.1, 0.15) is 6.04 Å². The van der Waals surface area contributed by atoms with Gasteiger partial charge >= 0.3 is 5.97 Å². The minimum absolute atomic E-state index is 0.0504. The third-order valence-corrected chi connectivity index (χ3v) is 5.74. The zero-order valence-electron chi connectivity index (χ0n) is 17.2. The SMILES string of the molecule is CCOC(=O)[C@H]1C[C@@H]1CN(Cc1cc(C)n(C)n1)C(=O)[C@@H]1CCCN1C(C)=O. The Morgan fingerprint density at radius 1 is 1.36 bits per heavy atom. The number of hydrogen-bond acceptors (Lipinski definition) is 5. The van der Waals surface area contributed by atoms with Gasteiger partial charge in [-0.1, -0.05) is 0 Å². The van der Waals surface area contributed by atoms with E-state index in [-0.39, 0.29) is 29.6 Å². The molecule has 0 N–H and O–H groups in total. The number of esters is 1. The number of ether oxygens (including phenoxy) is 1. The molecule has 2 aliphatic rings. The maximum Gasteiger partial charge on any atom is 0.309 e. The van der Waals surface area contributed by atoms with Crippen molar-refractivity contribution in [2.45, 2.75) is 52.6 Å². The molecule has 3 atom stereocenters. The van der Waals surface area contributed by atoms with Crippen LogP contribution in [-0.4, -0.2) is 63.1 Å². The van der Waals surface area contributed by atoms with E-state index >= 15 is 0 Å². The summed E-state index contributed by atoms with van der Waals surface area (Å²) in [4.78, 5) is 40.6. The Kier molecular flexibility index (Phi) is 6.05. The number of carbonyl (C=O) groups is 3. The second kappa shape index (κ2) is 8.32. The predicted octanol–water partition coefficient (Wildman–Crippen LogP) is 1.27. The van der Waals surface area contributed by atoms with E-state index in [0.717, 1.165) is 24.2 Å². The quantitative estimate of drug-likeness (QED) is 0.655. The van der Waals surface area contributed by atoms with Crippen molar-refractivity contribution < 1.29 is 19.1 Å². The van der Waals surface area contributed by atoms with Gasteiger partial charge in [-0.3, -0.25) is 19.1 Å². The lowest BCUT2D eigenvalue weighted by molar-refractivity contribution is -0.146. The van der Waals surface area contributed by atoms with Crippen LogP contribution in [0.5, 0.6) is 0 Å². The highest BCUT2D eigenvalue weighted by molar-refractivity contribution is 5.87. The molecule has 2 fully saturated rings. The van der Waals surface area contributed by atoms with E-state index in [2.05, 4.69) is 5.10 Å². The first-order chi connectivity index (χ1) is 13.3. The smallest absolute Gasteiger partial charge is 0.309 e. The lowest BCUT2D eigenvalue weighted by atomic mass is 10.1. The van der Waals surface area contributed by atoms with E-state index in [1.54, 1.807) is 21.4 Å². The van der Waals surface area contributed by atoms with Crippen molar-refractivity contribution >= 4 is 17.8 Å². The molecule has 2 amide bonds. The minimum atomic E-state index is -0.415. The van der Waals surface area contributed by atoms with E-state index in [4.69, 9.17) is 4.74 Å². The largest absolute Gasteiger partial charge is 0.466 e. The number of rotatable bonds is 7. The molecule has 1 aliphatic carbocycles. The summed E-state index contributed by atoms with van der Waals surface area (Å²) < 4.78 is 6.90. The van der Waals surface area contributed by atoms with Gasteiger partial charge in [-0.05, 0) is 45.1 Å². The fourth-order valence-corrected chi connectivity index (χ4v) is 4.02. The summed E-state index contributed by atoms with van der Waals surface area (Å²) in [5.41, 5.74) is 1.83. The van der Waals surface area contributed by atoms with E-state index in [0.29, 0.717) is 32.7 Å². The van der Waals surface area contributed by atoms with E-state index in [1.807, 2.05) is 20.0 Å². The molecule has 8 nitrogen and oxygen atoms in total. The molecule has 28 heavy (non-hydrogen) atoms. The maximum atomic E-state index is 13.3. The number of carbonyl (C=O) groups excluding carboxylic acids is 3. The summed E-state index contributed by atoms with van der Waals surface area (Å²) in [5.74, 6) is -0.321. The Labute approximate surface area is 165 Å². The van der Waals surface area contributed by atoms with Gasteiger partial charge < -0.3 is 14.5 Å². The molecule has 1 saturated carbocycles. The number of likely N-dealkylation sites (tertiary alicyclic amines) is 1. The second-order valence-corrected chi connectivity index (χ2v) is 7.84. The first-order valence-electron chi connectivity index (χ1n) is 10.0. The van der Waals surface area contributed by atoms with Crippen LogP contribution in [0.15, 0.2) is 6.07 Å². The Bertz CT molecular complexity index is 740. The van der Waals surface area contributed by atoms with Gasteiger partial charge in [-0.25, -0.2) is 0 Å². The molecule has 1 saturated heterocycles. The molecule has 1 aromatic heterocycles. The predicted molar refractivity (Wildman–Crippen MR) is 102 cm³/mol. The zero-order chi connectivity index (χ0) is 20.4. The van der Waals surface area contributed by atoms with Crippen LogP contribution >= 0.6 is 0 Å². The van der Waals surface area contributed by atoms with Gasteiger partial charge in [0.2, 0.25) is 11.8 Å². The summed E-state index contributed by atoms with van der Waals surface area (Å²) in [6.07, 6.45) is 2.26. The Morgan fingerprint density at radius 2 is 2.11 bits per heavy atom. The van der Waals surface area contributed by atoms with E-state index in [1.165, 1.54) is 6.92 Å². The number of hydrogen-bond donors (Lipinski definition) is 0. The van der Waals surface area contributed by atoms with Gasteiger partial charge in [0.25, 0.3) is 0 Å². The number of nitrogens with zero attached hydrogens (tertiary/aromatic N) is 4. The molecule has 1 aromatic rings. The van der Waals surface area contributed by atoms with Crippen LogP contribution in [0.25, 0.3) is 0 Å². The molecule has 0 aromatic carbocycles. The van der Waals surface area contributed by atoms with Gasteiger partial charge in [0.15, 0.2) is 0 Å². The molecule has 0 unspecified atom stereocenters. The van der Waals surface area contributed by atoms with Crippen LogP contribution in [0.2, 0.25) is 0 Å². The molecule has 0 radical (unpaired) electrons. The highest BCUT2D eigenvalue weighted by Crippen LogP contribution is 2.40. The average Bonchev–Trinajstić information content (AvgIpc) is 3.08. The Balaban J connectivity index is 1.73. The van der Waals surface area contributed by atoms with Crippen LogP contribution in [0.3, 0.4) is 0 Å². The molecule has 0 spiro atoms. The zero-order valence-corrected chi connectivity index (χ0v) is 17.2. The highest BCUT2D eigenvalue weighted by Gasteiger charge is 2.46. The first kappa shape index (κ1) is 20.4. The lowest BCUT2D eigenvalue weighted by Crippen LogP contribution is -2.47. The van der Waals surface area contributed by atoms with Crippen LogP contribution in [0.1, 0.15) is 44.5 Å². The molecular formula is C20H30N4O4. The summed E-state index contributed by atoms with van der Waals surface area (Å²) in [5, 5.41) is 4.48.